The summed E-state index contributed by atoms with van der Waals surface area (Å²) in [6.45, 7) is 4.10. The molecular weight excluding hydrogens is 329 g/mol. The lowest BCUT2D eigenvalue weighted by Gasteiger charge is -2.22. The molecule has 0 heterocycles. The number of benzene rings is 2. The normalized spacial score (nSPS) is 15.8. The molecule has 2 aromatic rings. The van der Waals surface area contributed by atoms with E-state index >= 15 is 0 Å². The molecule has 0 aliphatic heterocycles. The van der Waals surface area contributed by atoms with Gasteiger partial charge in [0.25, 0.3) is 0 Å². The highest BCUT2D eigenvalue weighted by molar-refractivity contribution is 9.10. The predicted molar refractivity (Wildman–Crippen MR) is 89.1 cm³/mol. The van der Waals surface area contributed by atoms with Gasteiger partial charge in [0.2, 0.25) is 0 Å². The molecule has 1 aliphatic carbocycles. The van der Waals surface area contributed by atoms with E-state index in [-0.39, 0.29) is 11.9 Å². The number of rotatable bonds is 4. The van der Waals surface area contributed by atoms with Gasteiger partial charge in [-0.05, 0) is 71.8 Å². The van der Waals surface area contributed by atoms with Crippen molar-refractivity contribution in [3.05, 3.63) is 63.4 Å². The minimum atomic E-state index is -0.221. The molecule has 1 aliphatic rings. The Kier molecular flexibility index (Phi) is 4.03. The van der Waals surface area contributed by atoms with Gasteiger partial charge in [-0.3, -0.25) is 0 Å². The molecule has 110 valence electrons. The second-order valence-corrected chi connectivity index (χ2v) is 6.81. The van der Waals surface area contributed by atoms with Crippen LogP contribution in [0.2, 0.25) is 0 Å². The van der Waals surface area contributed by atoms with E-state index in [0.29, 0.717) is 10.4 Å². The summed E-state index contributed by atoms with van der Waals surface area (Å²) in [7, 11) is 0. The molecule has 3 rings (SSSR count). The van der Waals surface area contributed by atoms with Crippen molar-refractivity contribution in [3.8, 4) is 0 Å². The van der Waals surface area contributed by atoms with Gasteiger partial charge in [-0.1, -0.05) is 29.8 Å². The highest BCUT2D eigenvalue weighted by atomic mass is 79.9. The van der Waals surface area contributed by atoms with E-state index in [1.165, 1.54) is 24.0 Å². The third-order valence-electron chi connectivity index (χ3n) is 4.11. The predicted octanol–water partition coefficient (Wildman–Crippen LogP) is 5.77. The Morgan fingerprint density at radius 2 is 1.81 bits per heavy atom. The molecule has 0 bridgehead atoms. The Labute approximate surface area is 133 Å². The molecule has 1 fully saturated rings. The van der Waals surface area contributed by atoms with E-state index in [2.05, 4.69) is 52.4 Å². The molecule has 0 aromatic heterocycles. The van der Waals surface area contributed by atoms with Crippen molar-refractivity contribution in [3.63, 3.8) is 0 Å². The van der Waals surface area contributed by atoms with Gasteiger partial charge >= 0.3 is 0 Å². The average molecular weight is 348 g/mol. The van der Waals surface area contributed by atoms with Crippen LogP contribution in [0.4, 0.5) is 10.1 Å². The third kappa shape index (κ3) is 3.29. The maximum absolute atomic E-state index is 13.8. The Morgan fingerprint density at radius 3 is 2.43 bits per heavy atom. The Hall–Kier alpha value is -1.35. The summed E-state index contributed by atoms with van der Waals surface area (Å²) in [5.41, 5.74) is 4.49. The molecule has 1 N–H and O–H groups in total. The molecule has 1 unspecified atom stereocenters. The fraction of sp³-hybridized carbons (Fsp3) is 0.333. The number of anilines is 1. The van der Waals surface area contributed by atoms with Crippen LogP contribution in [0.1, 0.15) is 35.6 Å². The van der Waals surface area contributed by atoms with Crippen LogP contribution in [-0.2, 0) is 0 Å². The molecule has 1 atom stereocenters. The van der Waals surface area contributed by atoms with E-state index in [9.17, 15) is 4.39 Å². The van der Waals surface area contributed by atoms with Crippen LogP contribution in [0, 0.1) is 25.6 Å². The molecule has 0 saturated heterocycles. The summed E-state index contributed by atoms with van der Waals surface area (Å²) >= 11 is 3.24. The first-order valence-electron chi connectivity index (χ1n) is 7.33. The van der Waals surface area contributed by atoms with E-state index in [1.807, 2.05) is 13.0 Å². The van der Waals surface area contributed by atoms with Crippen LogP contribution < -0.4 is 5.32 Å². The number of nitrogens with one attached hydrogen (secondary N) is 1. The zero-order valence-electron chi connectivity index (χ0n) is 12.3. The van der Waals surface area contributed by atoms with Gasteiger partial charge in [0, 0.05) is 5.69 Å². The van der Waals surface area contributed by atoms with Crippen LogP contribution in [0.15, 0.2) is 40.9 Å². The van der Waals surface area contributed by atoms with Gasteiger partial charge in [-0.2, -0.15) is 0 Å². The van der Waals surface area contributed by atoms with Crippen LogP contribution in [-0.4, -0.2) is 0 Å². The summed E-state index contributed by atoms with van der Waals surface area (Å²) in [6, 6.07) is 12.3. The first-order chi connectivity index (χ1) is 10.0. The van der Waals surface area contributed by atoms with Gasteiger partial charge in [0.05, 0.1) is 10.5 Å². The molecule has 0 amide bonds. The first-order valence-corrected chi connectivity index (χ1v) is 8.12. The second kappa shape index (κ2) is 5.80. The van der Waals surface area contributed by atoms with Crippen molar-refractivity contribution < 1.29 is 4.39 Å². The highest BCUT2D eigenvalue weighted by Crippen LogP contribution is 2.43. The van der Waals surface area contributed by atoms with Crippen molar-refractivity contribution in [1.29, 1.82) is 0 Å². The van der Waals surface area contributed by atoms with Crippen LogP contribution in [0.25, 0.3) is 0 Å². The quantitative estimate of drug-likeness (QED) is 0.740. The van der Waals surface area contributed by atoms with Crippen LogP contribution in [0.3, 0.4) is 0 Å². The molecular formula is C18H19BrFN. The minimum absolute atomic E-state index is 0.221. The zero-order valence-corrected chi connectivity index (χ0v) is 13.9. The molecule has 21 heavy (non-hydrogen) atoms. The van der Waals surface area contributed by atoms with Gasteiger partial charge in [-0.25, -0.2) is 4.39 Å². The Morgan fingerprint density at radius 1 is 1.14 bits per heavy atom. The van der Waals surface area contributed by atoms with Crippen molar-refractivity contribution >= 4 is 21.6 Å². The summed E-state index contributed by atoms with van der Waals surface area (Å²) in [5, 5.41) is 3.55. The van der Waals surface area contributed by atoms with Crippen LogP contribution >= 0.6 is 15.9 Å². The second-order valence-electron chi connectivity index (χ2n) is 5.95. The Balaban J connectivity index is 1.89. The summed E-state index contributed by atoms with van der Waals surface area (Å²) in [4.78, 5) is 0. The number of hydrogen-bond acceptors (Lipinski definition) is 1. The number of aryl methyl sites for hydroxylation is 2. The fourth-order valence-electron chi connectivity index (χ4n) is 2.65. The number of hydrogen-bond donors (Lipinski definition) is 1. The molecule has 0 spiro atoms. The van der Waals surface area contributed by atoms with Crippen molar-refractivity contribution in [2.75, 3.05) is 5.32 Å². The van der Waals surface area contributed by atoms with E-state index in [4.69, 9.17) is 0 Å². The van der Waals surface area contributed by atoms with E-state index in [1.54, 1.807) is 6.07 Å². The average Bonchev–Trinajstić information content (AvgIpc) is 3.27. The topological polar surface area (TPSA) is 12.0 Å². The maximum Gasteiger partial charge on any atom is 0.139 e. The number of halogens is 2. The Bertz CT molecular complexity index is 647. The molecule has 0 radical (unpaired) electrons. The summed E-state index contributed by atoms with van der Waals surface area (Å²) in [5.74, 6) is 0.431. The third-order valence-corrected chi connectivity index (χ3v) is 4.72. The van der Waals surface area contributed by atoms with Gasteiger partial charge in [0.1, 0.15) is 5.82 Å². The van der Waals surface area contributed by atoms with Gasteiger partial charge < -0.3 is 5.32 Å². The lowest BCUT2D eigenvalue weighted by molar-refractivity contribution is 0.619. The van der Waals surface area contributed by atoms with Gasteiger partial charge in [0.15, 0.2) is 0 Å². The van der Waals surface area contributed by atoms with Crippen molar-refractivity contribution in [1.82, 2.24) is 0 Å². The van der Waals surface area contributed by atoms with Crippen molar-refractivity contribution in [2.45, 2.75) is 32.7 Å². The lowest BCUT2D eigenvalue weighted by atomic mass is 10.00. The fourth-order valence-corrected chi connectivity index (χ4v) is 3.10. The molecule has 1 nitrogen and oxygen atoms in total. The van der Waals surface area contributed by atoms with Gasteiger partial charge in [-0.15, -0.1) is 0 Å². The highest BCUT2D eigenvalue weighted by Gasteiger charge is 2.32. The summed E-state index contributed by atoms with van der Waals surface area (Å²) < 4.78 is 14.3. The SMILES string of the molecule is Cc1ccc(C(Nc2cc(F)c(Br)cc2C)C2CC2)cc1. The minimum Gasteiger partial charge on any atom is -0.378 e. The molecule has 3 heteroatoms. The largest absolute Gasteiger partial charge is 0.378 e. The zero-order chi connectivity index (χ0) is 15.0. The summed E-state index contributed by atoms with van der Waals surface area (Å²) in [6.07, 6.45) is 2.48. The maximum atomic E-state index is 13.8. The molecule has 2 aromatic carbocycles. The first kappa shape index (κ1) is 14.6. The van der Waals surface area contributed by atoms with Crippen LogP contribution in [0.5, 0.6) is 0 Å². The smallest absolute Gasteiger partial charge is 0.139 e. The monoisotopic (exact) mass is 347 g/mol. The standard InChI is InChI=1S/C18H19BrFN/c1-11-3-5-13(6-4-11)18(14-7-8-14)21-17-10-16(20)15(19)9-12(17)2/h3-6,9-10,14,18,21H,7-8H2,1-2H3. The van der Waals surface area contributed by atoms with E-state index < -0.39 is 0 Å². The van der Waals surface area contributed by atoms with E-state index in [0.717, 1.165) is 11.3 Å². The lowest BCUT2D eigenvalue weighted by Crippen LogP contribution is -2.14. The van der Waals surface area contributed by atoms with Crippen molar-refractivity contribution in [2.24, 2.45) is 5.92 Å². The molecule has 1 saturated carbocycles.